The van der Waals surface area contributed by atoms with Crippen LogP contribution < -0.4 is 9.47 Å². The van der Waals surface area contributed by atoms with Gasteiger partial charge >= 0.3 is 11.9 Å². The van der Waals surface area contributed by atoms with Crippen molar-refractivity contribution >= 4 is 46.5 Å². The first-order valence-electron chi connectivity index (χ1n) is 9.69. The second kappa shape index (κ2) is 9.35. The van der Waals surface area contributed by atoms with Crippen LogP contribution in [-0.4, -0.2) is 24.9 Å². The maximum absolute atomic E-state index is 12.4. The fraction of sp³-hybridized carbons (Fsp3) is 0.0800. The van der Waals surface area contributed by atoms with Crippen LogP contribution in [0.4, 0.5) is 0 Å². The van der Waals surface area contributed by atoms with Gasteiger partial charge in [-0.05, 0) is 69.6 Å². The molecule has 3 aromatic carbocycles. The van der Waals surface area contributed by atoms with Crippen LogP contribution in [0.5, 0.6) is 11.5 Å². The van der Waals surface area contributed by atoms with Crippen LogP contribution in [0.25, 0.3) is 17.2 Å². The summed E-state index contributed by atoms with van der Waals surface area (Å²) in [6, 6.07) is 21.1. The van der Waals surface area contributed by atoms with Crippen molar-refractivity contribution in [3.8, 4) is 22.6 Å². The lowest BCUT2D eigenvalue weighted by atomic mass is 10.0. The maximum Gasteiger partial charge on any atom is 0.363 e. The van der Waals surface area contributed by atoms with Crippen LogP contribution in [0.2, 0.25) is 0 Å². The summed E-state index contributed by atoms with van der Waals surface area (Å²) in [5.41, 5.74) is 3.71. The van der Waals surface area contributed by atoms with Crippen molar-refractivity contribution in [1.82, 2.24) is 0 Å². The highest BCUT2D eigenvalue weighted by molar-refractivity contribution is 14.1. The molecule has 0 saturated heterocycles. The van der Waals surface area contributed by atoms with Gasteiger partial charge in [-0.25, -0.2) is 9.79 Å². The normalized spacial score (nSPS) is 14.2. The highest BCUT2D eigenvalue weighted by atomic mass is 127. The molecule has 7 heteroatoms. The largest absolute Gasteiger partial charge is 0.493 e. The van der Waals surface area contributed by atoms with Gasteiger partial charge in [0.15, 0.2) is 17.2 Å². The van der Waals surface area contributed by atoms with Crippen molar-refractivity contribution in [3.63, 3.8) is 0 Å². The molecule has 0 fully saturated rings. The van der Waals surface area contributed by atoms with Gasteiger partial charge in [0, 0.05) is 12.5 Å². The predicted molar refractivity (Wildman–Crippen MR) is 130 cm³/mol. The van der Waals surface area contributed by atoms with E-state index in [1.165, 1.54) is 14.0 Å². The van der Waals surface area contributed by atoms with Gasteiger partial charge in [-0.1, -0.05) is 42.5 Å². The van der Waals surface area contributed by atoms with E-state index in [2.05, 4.69) is 4.99 Å². The molecule has 0 saturated carbocycles. The zero-order valence-corrected chi connectivity index (χ0v) is 19.5. The molecule has 0 aromatic heterocycles. The molecule has 3 aromatic rings. The van der Waals surface area contributed by atoms with Gasteiger partial charge in [-0.3, -0.25) is 4.79 Å². The number of carbonyl (C=O) groups is 2. The van der Waals surface area contributed by atoms with E-state index in [-0.39, 0.29) is 11.6 Å². The van der Waals surface area contributed by atoms with Crippen molar-refractivity contribution in [2.24, 2.45) is 4.99 Å². The molecule has 0 atom stereocenters. The number of esters is 2. The van der Waals surface area contributed by atoms with Gasteiger partial charge in [0.1, 0.15) is 0 Å². The molecule has 0 unspecified atom stereocenters. The fourth-order valence-corrected chi connectivity index (χ4v) is 3.93. The average molecular weight is 539 g/mol. The number of ether oxygens (including phenoxy) is 3. The molecule has 0 N–H and O–H groups in total. The summed E-state index contributed by atoms with van der Waals surface area (Å²) in [4.78, 5) is 28.1. The Hall–Kier alpha value is -3.46. The van der Waals surface area contributed by atoms with E-state index >= 15 is 0 Å². The minimum absolute atomic E-state index is 0.172. The van der Waals surface area contributed by atoms with Gasteiger partial charge in [-0.2, -0.15) is 0 Å². The van der Waals surface area contributed by atoms with Gasteiger partial charge in [-0.15, -0.1) is 0 Å². The first-order chi connectivity index (χ1) is 15.4. The second-order valence-electron chi connectivity index (χ2n) is 6.91. The summed E-state index contributed by atoms with van der Waals surface area (Å²) in [5, 5.41) is 0. The number of benzene rings is 3. The highest BCUT2D eigenvalue weighted by Gasteiger charge is 2.24. The minimum Gasteiger partial charge on any atom is -0.493 e. The Labute approximate surface area is 198 Å². The van der Waals surface area contributed by atoms with E-state index in [0.29, 0.717) is 26.2 Å². The molecule has 32 heavy (non-hydrogen) atoms. The van der Waals surface area contributed by atoms with E-state index in [1.54, 1.807) is 18.2 Å². The summed E-state index contributed by atoms with van der Waals surface area (Å²) in [6.45, 7) is 1.32. The molecule has 1 heterocycles. The number of hydrogen-bond donors (Lipinski definition) is 0. The minimum atomic E-state index is -0.537. The summed E-state index contributed by atoms with van der Waals surface area (Å²) in [6.07, 6.45) is 1.61. The average Bonchev–Trinajstić information content (AvgIpc) is 3.16. The fourth-order valence-electron chi connectivity index (χ4n) is 3.19. The lowest BCUT2D eigenvalue weighted by Crippen LogP contribution is -2.05. The van der Waals surface area contributed by atoms with Crippen LogP contribution >= 0.6 is 22.6 Å². The maximum atomic E-state index is 12.4. The second-order valence-corrected chi connectivity index (χ2v) is 8.07. The van der Waals surface area contributed by atoms with Gasteiger partial charge in [0.05, 0.1) is 10.7 Å². The van der Waals surface area contributed by atoms with Gasteiger partial charge in [0.2, 0.25) is 5.90 Å². The van der Waals surface area contributed by atoms with Crippen molar-refractivity contribution in [2.75, 3.05) is 7.11 Å². The molecule has 0 bridgehead atoms. The number of nitrogens with zero attached hydrogens (tertiary/aromatic N) is 1. The Morgan fingerprint density at radius 2 is 1.66 bits per heavy atom. The molecular weight excluding hydrogens is 521 g/mol. The number of halogens is 1. The van der Waals surface area contributed by atoms with Crippen molar-refractivity contribution in [1.29, 1.82) is 0 Å². The summed E-state index contributed by atoms with van der Waals surface area (Å²) >= 11 is 2.04. The van der Waals surface area contributed by atoms with Crippen molar-refractivity contribution < 1.29 is 23.8 Å². The number of rotatable bonds is 5. The first kappa shape index (κ1) is 21.8. The summed E-state index contributed by atoms with van der Waals surface area (Å²) in [5.74, 6) is -0.0195. The Morgan fingerprint density at radius 1 is 1.00 bits per heavy atom. The topological polar surface area (TPSA) is 74.2 Å². The molecule has 0 spiro atoms. The molecule has 4 rings (SSSR count). The Balaban J connectivity index is 1.62. The number of methoxy groups -OCH3 is 1. The molecule has 1 aliphatic rings. The molecule has 0 amide bonds. The highest BCUT2D eigenvalue weighted by Crippen LogP contribution is 2.35. The van der Waals surface area contributed by atoms with E-state index in [9.17, 15) is 9.59 Å². The first-order valence-corrected chi connectivity index (χ1v) is 10.8. The summed E-state index contributed by atoms with van der Waals surface area (Å²) in [7, 11) is 1.48. The van der Waals surface area contributed by atoms with Crippen LogP contribution in [0.15, 0.2) is 77.4 Å². The van der Waals surface area contributed by atoms with Crippen molar-refractivity contribution in [2.45, 2.75) is 6.92 Å². The summed E-state index contributed by atoms with van der Waals surface area (Å²) < 4.78 is 16.6. The van der Waals surface area contributed by atoms with Gasteiger partial charge in [0.25, 0.3) is 0 Å². The monoisotopic (exact) mass is 539 g/mol. The Bertz CT molecular complexity index is 1250. The zero-order valence-electron chi connectivity index (χ0n) is 17.3. The third-order valence-electron chi connectivity index (χ3n) is 4.66. The lowest BCUT2D eigenvalue weighted by molar-refractivity contribution is -0.132. The van der Waals surface area contributed by atoms with Crippen molar-refractivity contribution in [3.05, 3.63) is 87.1 Å². The third-order valence-corrected chi connectivity index (χ3v) is 5.46. The van der Waals surface area contributed by atoms with Crippen LogP contribution in [0.1, 0.15) is 18.1 Å². The van der Waals surface area contributed by atoms with E-state index in [0.717, 1.165) is 11.1 Å². The third kappa shape index (κ3) is 4.72. The Morgan fingerprint density at radius 3 is 2.31 bits per heavy atom. The van der Waals surface area contributed by atoms with E-state index in [4.69, 9.17) is 14.2 Å². The molecule has 6 nitrogen and oxygen atoms in total. The SMILES string of the molecule is COc1cc(/C=C2\N=C(c3ccc(-c4ccccc4)cc3)OC2=O)cc(I)c1OC(C)=O. The lowest BCUT2D eigenvalue weighted by Gasteiger charge is -2.11. The Kier molecular flexibility index (Phi) is 6.36. The molecule has 0 radical (unpaired) electrons. The van der Waals surface area contributed by atoms with E-state index < -0.39 is 11.9 Å². The number of carbonyl (C=O) groups excluding carboxylic acids is 2. The van der Waals surface area contributed by atoms with Gasteiger partial charge < -0.3 is 14.2 Å². The molecule has 160 valence electrons. The van der Waals surface area contributed by atoms with Crippen LogP contribution in [0.3, 0.4) is 0 Å². The quantitative estimate of drug-likeness (QED) is 0.192. The number of aliphatic imine (C=N–C) groups is 1. The number of hydrogen-bond acceptors (Lipinski definition) is 6. The molecule has 0 aliphatic carbocycles. The zero-order chi connectivity index (χ0) is 22.7. The predicted octanol–water partition coefficient (Wildman–Crippen LogP) is 5.24. The standard InChI is InChI=1S/C25H18INO5/c1-15(28)31-23-20(26)12-16(14-22(23)30-2)13-21-25(29)32-24(27-21)19-10-8-18(9-11-19)17-6-4-3-5-7-17/h3-14H,1-2H3/b21-13-. The molecular formula is C25H18INO5. The van der Waals surface area contributed by atoms with Crippen LogP contribution in [-0.2, 0) is 14.3 Å². The molecule has 1 aliphatic heterocycles. The van der Waals surface area contributed by atoms with E-state index in [1.807, 2.05) is 77.2 Å². The number of cyclic esters (lactones) is 1. The smallest absolute Gasteiger partial charge is 0.363 e. The van der Waals surface area contributed by atoms with Crippen LogP contribution in [0, 0.1) is 3.57 Å².